The lowest BCUT2D eigenvalue weighted by Gasteiger charge is -2.15. The van der Waals surface area contributed by atoms with Gasteiger partial charge < -0.3 is 15.4 Å². The third-order valence-electron chi connectivity index (χ3n) is 3.35. The van der Waals surface area contributed by atoms with Crippen LogP contribution in [0.15, 0.2) is 54.7 Å². The number of anilines is 4. The number of halogens is 2. The molecular formula is C19H18Cl2N4O. The SMILES string of the molecule is CC(C)Oc1ccccc1Nc1nccc(Nc2ccc(Cl)cc2Cl)n1. The van der Waals surface area contributed by atoms with E-state index in [1.54, 1.807) is 30.5 Å². The van der Waals surface area contributed by atoms with Crippen molar-refractivity contribution in [2.75, 3.05) is 10.6 Å². The molecule has 0 saturated carbocycles. The lowest BCUT2D eigenvalue weighted by molar-refractivity contribution is 0.244. The fraction of sp³-hybridized carbons (Fsp3) is 0.158. The Morgan fingerprint density at radius 2 is 1.77 bits per heavy atom. The summed E-state index contributed by atoms with van der Waals surface area (Å²) in [5, 5.41) is 7.44. The van der Waals surface area contributed by atoms with Crippen molar-refractivity contribution in [2.24, 2.45) is 0 Å². The molecule has 0 spiro atoms. The van der Waals surface area contributed by atoms with E-state index in [2.05, 4.69) is 20.6 Å². The van der Waals surface area contributed by atoms with Crippen molar-refractivity contribution in [1.29, 1.82) is 0 Å². The van der Waals surface area contributed by atoms with Crippen molar-refractivity contribution in [3.63, 3.8) is 0 Å². The van der Waals surface area contributed by atoms with Crippen molar-refractivity contribution >= 4 is 46.3 Å². The van der Waals surface area contributed by atoms with Gasteiger partial charge in [0.05, 0.1) is 22.5 Å². The molecule has 3 aromatic rings. The smallest absolute Gasteiger partial charge is 0.229 e. The third kappa shape index (κ3) is 4.77. The predicted molar refractivity (Wildman–Crippen MR) is 107 cm³/mol. The molecule has 0 saturated heterocycles. The molecule has 2 aromatic carbocycles. The van der Waals surface area contributed by atoms with E-state index in [1.165, 1.54) is 0 Å². The second kappa shape index (κ2) is 8.25. The maximum absolute atomic E-state index is 6.20. The molecular weight excluding hydrogens is 371 g/mol. The summed E-state index contributed by atoms with van der Waals surface area (Å²) in [7, 11) is 0. The summed E-state index contributed by atoms with van der Waals surface area (Å²) < 4.78 is 5.81. The molecule has 0 atom stereocenters. The normalized spacial score (nSPS) is 10.7. The molecule has 7 heteroatoms. The summed E-state index contributed by atoms with van der Waals surface area (Å²) in [6, 6.07) is 14.6. The highest BCUT2D eigenvalue weighted by atomic mass is 35.5. The second-order valence-electron chi connectivity index (χ2n) is 5.80. The molecule has 0 unspecified atom stereocenters. The van der Waals surface area contributed by atoms with Crippen LogP contribution in [0.1, 0.15) is 13.8 Å². The highest BCUT2D eigenvalue weighted by molar-refractivity contribution is 6.36. The van der Waals surface area contributed by atoms with Crippen molar-refractivity contribution in [2.45, 2.75) is 20.0 Å². The molecule has 0 amide bonds. The lowest BCUT2D eigenvalue weighted by Crippen LogP contribution is -2.08. The molecule has 0 aliphatic rings. The van der Waals surface area contributed by atoms with Gasteiger partial charge >= 0.3 is 0 Å². The number of benzene rings is 2. The van der Waals surface area contributed by atoms with Gasteiger partial charge in [0, 0.05) is 11.2 Å². The molecule has 0 fully saturated rings. The Labute approximate surface area is 162 Å². The number of para-hydroxylation sites is 2. The highest BCUT2D eigenvalue weighted by Crippen LogP contribution is 2.29. The largest absolute Gasteiger partial charge is 0.489 e. The van der Waals surface area contributed by atoms with Gasteiger partial charge in [-0.3, -0.25) is 0 Å². The number of nitrogens with one attached hydrogen (secondary N) is 2. The zero-order valence-corrected chi connectivity index (χ0v) is 15.8. The Hall–Kier alpha value is -2.50. The van der Waals surface area contributed by atoms with E-state index >= 15 is 0 Å². The highest BCUT2D eigenvalue weighted by Gasteiger charge is 2.08. The van der Waals surface area contributed by atoms with E-state index in [0.717, 1.165) is 11.4 Å². The minimum Gasteiger partial charge on any atom is -0.489 e. The summed E-state index contributed by atoms with van der Waals surface area (Å²) in [6.07, 6.45) is 1.73. The van der Waals surface area contributed by atoms with E-state index in [-0.39, 0.29) is 6.10 Å². The lowest BCUT2D eigenvalue weighted by atomic mass is 10.3. The molecule has 0 aliphatic carbocycles. The van der Waals surface area contributed by atoms with E-state index in [0.29, 0.717) is 27.5 Å². The van der Waals surface area contributed by atoms with Crippen LogP contribution in [0.5, 0.6) is 5.75 Å². The van der Waals surface area contributed by atoms with E-state index in [1.807, 2.05) is 38.1 Å². The van der Waals surface area contributed by atoms with Crippen LogP contribution in [0.4, 0.5) is 23.1 Å². The zero-order chi connectivity index (χ0) is 18.5. The Morgan fingerprint density at radius 1 is 0.962 bits per heavy atom. The van der Waals surface area contributed by atoms with Gasteiger partial charge in [-0.1, -0.05) is 35.3 Å². The summed E-state index contributed by atoms with van der Waals surface area (Å²) in [5.74, 6) is 1.79. The van der Waals surface area contributed by atoms with Gasteiger partial charge in [-0.15, -0.1) is 0 Å². The zero-order valence-electron chi connectivity index (χ0n) is 14.3. The quantitative estimate of drug-likeness (QED) is 0.537. The maximum atomic E-state index is 6.20. The van der Waals surface area contributed by atoms with Crippen molar-refractivity contribution in [1.82, 2.24) is 9.97 Å². The average molecular weight is 389 g/mol. The first-order chi connectivity index (χ1) is 12.5. The molecule has 134 valence electrons. The molecule has 0 radical (unpaired) electrons. The number of hydrogen-bond donors (Lipinski definition) is 2. The van der Waals surface area contributed by atoms with E-state index in [4.69, 9.17) is 27.9 Å². The topological polar surface area (TPSA) is 59.1 Å². The monoisotopic (exact) mass is 388 g/mol. The third-order valence-corrected chi connectivity index (χ3v) is 3.89. The molecule has 2 N–H and O–H groups in total. The van der Waals surface area contributed by atoms with Crippen LogP contribution in [-0.4, -0.2) is 16.1 Å². The molecule has 26 heavy (non-hydrogen) atoms. The standard InChI is InChI=1S/C19H18Cl2N4O/c1-12(2)26-17-6-4-3-5-16(17)24-19-22-10-9-18(25-19)23-15-8-7-13(20)11-14(15)21/h3-12H,1-2H3,(H2,22,23,24,25). The Kier molecular flexibility index (Phi) is 5.81. The van der Waals surface area contributed by atoms with Gasteiger partial charge in [-0.05, 0) is 50.2 Å². The van der Waals surface area contributed by atoms with Crippen LogP contribution in [0.3, 0.4) is 0 Å². The first-order valence-corrected chi connectivity index (χ1v) is 8.84. The summed E-state index contributed by atoms with van der Waals surface area (Å²) in [4.78, 5) is 8.73. The van der Waals surface area contributed by atoms with Crippen LogP contribution < -0.4 is 15.4 Å². The van der Waals surface area contributed by atoms with E-state index < -0.39 is 0 Å². The summed E-state index contributed by atoms with van der Waals surface area (Å²) >= 11 is 12.1. The first kappa shape index (κ1) is 18.3. The van der Waals surface area contributed by atoms with Crippen LogP contribution in [0, 0.1) is 0 Å². The number of hydrogen-bond acceptors (Lipinski definition) is 5. The van der Waals surface area contributed by atoms with Gasteiger partial charge in [0.15, 0.2) is 0 Å². The summed E-state index contributed by atoms with van der Waals surface area (Å²) in [6.45, 7) is 3.96. The van der Waals surface area contributed by atoms with Crippen LogP contribution in [-0.2, 0) is 0 Å². The van der Waals surface area contributed by atoms with E-state index in [9.17, 15) is 0 Å². The molecule has 3 rings (SSSR count). The minimum atomic E-state index is 0.0684. The summed E-state index contributed by atoms with van der Waals surface area (Å²) in [5.41, 5.74) is 1.51. The maximum Gasteiger partial charge on any atom is 0.229 e. The number of aromatic nitrogens is 2. The minimum absolute atomic E-state index is 0.0684. The van der Waals surface area contributed by atoms with Crippen LogP contribution in [0.2, 0.25) is 10.0 Å². The van der Waals surface area contributed by atoms with Gasteiger partial charge in [0.25, 0.3) is 0 Å². The van der Waals surface area contributed by atoms with Gasteiger partial charge in [-0.2, -0.15) is 4.98 Å². The van der Waals surface area contributed by atoms with Crippen molar-refractivity contribution in [3.05, 3.63) is 64.8 Å². The van der Waals surface area contributed by atoms with Crippen LogP contribution >= 0.6 is 23.2 Å². The molecule has 1 aromatic heterocycles. The van der Waals surface area contributed by atoms with Crippen LogP contribution in [0.25, 0.3) is 0 Å². The number of rotatable bonds is 6. The van der Waals surface area contributed by atoms with Gasteiger partial charge in [-0.25, -0.2) is 4.98 Å². The van der Waals surface area contributed by atoms with Gasteiger partial charge in [0.1, 0.15) is 11.6 Å². The molecule has 1 heterocycles. The number of nitrogens with zero attached hydrogens (tertiary/aromatic N) is 2. The van der Waals surface area contributed by atoms with Crippen molar-refractivity contribution in [3.8, 4) is 5.75 Å². The fourth-order valence-electron chi connectivity index (χ4n) is 2.26. The number of ether oxygens (including phenoxy) is 1. The molecule has 5 nitrogen and oxygen atoms in total. The average Bonchev–Trinajstić information content (AvgIpc) is 2.59. The predicted octanol–water partition coefficient (Wildman–Crippen LogP) is 6.06. The second-order valence-corrected chi connectivity index (χ2v) is 6.65. The fourth-order valence-corrected chi connectivity index (χ4v) is 2.72. The Bertz CT molecular complexity index is 902. The Balaban J connectivity index is 1.80. The Morgan fingerprint density at radius 3 is 2.54 bits per heavy atom. The van der Waals surface area contributed by atoms with Crippen molar-refractivity contribution < 1.29 is 4.74 Å². The molecule has 0 aliphatic heterocycles. The molecule has 0 bridgehead atoms. The first-order valence-electron chi connectivity index (χ1n) is 8.09. The van der Waals surface area contributed by atoms with Gasteiger partial charge in [0.2, 0.25) is 5.95 Å².